The topological polar surface area (TPSA) is 29.3 Å². The first kappa shape index (κ1) is 14.0. The minimum Gasteiger partial charge on any atom is -0.328 e. The average molecular weight is 226 g/mol. The summed E-state index contributed by atoms with van der Waals surface area (Å²) in [6.07, 6.45) is 2.34. The Balaban J connectivity index is 2.51. The minimum atomic E-state index is 0.433. The van der Waals surface area contributed by atoms with E-state index in [1.165, 1.54) is 25.9 Å². The Kier molecular flexibility index (Phi) is 5.26. The van der Waals surface area contributed by atoms with Gasteiger partial charge in [-0.3, -0.25) is 0 Å². The van der Waals surface area contributed by atoms with Crippen molar-refractivity contribution >= 4 is 0 Å². The zero-order chi connectivity index (χ0) is 12.3. The Morgan fingerprint density at radius 2 is 1.75 bits per heavy atom. The summed E-state index contributed by atoms with van der Waals surface area (Å²) in [5.41, 5.74) is 6.01. The number of piperidine rings is 1. The number of nitrogens with two attached hydrogens (primary N) is 1. The lowest BCUT2D eigenvalue weighted by atomic mass is 9.84. The zero-order valence-corrected chi connectivity index (χ0v) is 11.7. The van der Waals surface area contributed by atoms with Crippen molar-refractivity contribution in [1.82, 2.24) is 4.90 Å². The van der Waals surface area contributed by atoms with Gasteiger partial charge in [-0.15, -0.1) is 0 Å². The van der Waals surface area contributed by atoms with E-state index in [1.54, 1.807) is 0 Å². The van der Waals surface area contributed by atoms with Gasteiger partial charge in [-0.25, -0.2) is 0 Å². The first-order valence-corrected chi connectivity index (χ1v) is 6.91. The van der Waals surface area contributed by atoms with Gasteiger partial charge in [0.05, 0.1) is 0 Å². The highest BCUT2D eigenvalue weighted by Crippen LogP contribution is 2.25. The Bertz CT molecular complexity index is 193. The van der Waals surface area contributed by atoms with Crippen molar-refractivity contribution in [2.45, 2.75) is 59.5 Å². The third kappa shape index (κ3) is 3.74. The quantitative estimate of drug-likeness (QED) is 0.798. The van der Waals surface area contributed by atoms with E-state index in [4.69, 9.17) is 5.73 Å². The molecular formula is C14H30N2. The van der Waals surface area contributed by atoms with Gasteiger partial charge in [-0.05, 0) is 44.1 Å². The van der Waals surface area contributed by atoms with Crippen LogP contribution in [0.2, 0.25) is 0 Å². The van der Waals surface area contributed by atoms with Crippen LogP contribution in [0.1, 0.15) is 47.5 Å². The molecule has 2 atom stereocenters. The second-order valence-electron chi connectivity index (χ2n) is 6.28. The fourth-order valence-electron chi connectivity index (χ4n) is 2.99. The van der Waals surface area contributed by atoms with E-state index in [0.29, 0.717) is 12.1 Å². The number of hydrogen-bond acceptors (Lipinski definition) is 2. The standard InChI is InChI=1S/C14H30N2/c1-10(2)14(11(3)4)9-16-7-6-13(15)8-12(16)5/h10-14H,6-9,15H2,1-5H3. The number of rotatable bonds is 4. The molecule has 0 amide bonds. The highest BCUT2D eigenvalue weighted by atomic mass is 15.2. The summed E-state index contributed by atoms with van der Waals surface area (Å²) in [6, 6.07) is 1.10. The molecule has 0 aromatic carbocycles. The van der Waals surface area contributed by atoms with E-state index in [0.717, 1.165) is 17.8 Å². The average Bonchev–Trinajstić information content (AvgIpc) is 2.15. The largest absolute Gasteiger partial charge is 0.328 e. The monoisotopic (exact) mass is 226 g/mol. The Hall–Kier alpha value is -0.0800. The lowest BCUT2D eigenvalue weighted by molar-refractivity contribution is 0.0958. The highest BCUT2D eigenvalue weighted by molar-refractivity contribution is 4.83. The summed E-state index contributed by atoms with van der Waals surface area (Å²) < 4.78 is 0. The van der Waals surface area contributed by atoms with E-state index >= 15 is 0 Å². The molecule has 1 heterocycles. The predicted octanol–water partition coefficient (Wildman–Crippen LogP) is 2.73. The molecule has 0 aliphatic carbocycles. The molecule has 16 heavy (non-hydrogen) atoms. The zero-order valence-electron chi connectivity index (χ0n) is 11.7. The van der Waals surface area contributed by atoms with Crippen LogP contribution in [0.4, 0.5) is 0 Å². The van der Waals surface area contributed by atoms with E-state index in [1.807, 2.05) is 0 Å². The first-order chi connectivity index (χ1) is 7.41. The van der Waals surface area contributed by atoms with Crippen LogP contribution in [0.5, 0.6) is 0 Å². The summed E-state index contributed by atoms with van der Waals surface area (Å²) in [5, 5.41) is 0. The van der Waals surface area contributed by atoms with Crippen LogP contribution in [0.25, 0.3) is 0 Å². The van der Waals surface area contributed by atoms with Crippen molar-refractivity contribution in [2.24, 2.45) is 23.5 Å². The number of likely N-dealkylation sites (tertiary alicyclic amines) is 1. The maximum absolute atomic E-state index is 6.01. The molecule has 0 aromatic rings. The maximum atomic E-state index is 6.01. The van der Waals surface area contributed by atoms with Gasteiger partial charge in [0.2, 0.25) is 0 Å². The second kappa shape index (κ2) is 6.02. The molecule has 1 saturated heterocycles. The summed E-state index contributed by atoms with van der Waals surface area (Å²) in [6.45, 7) is 14.2. The molecule has 2 heteroatoms. The van der Waals surface area contributed by atoms with E-state index in [2.05, 4.69) is 39.5 Å². The predicted molar refractivity (Wildman–Crippen MR) is 71.4 cm³/mol. The summed E-state index contributed by atoms with van der Waals surface area (Å²) in [4.78, 5) is 2.65. The molecule has 96 valence electrons. The SMILES string of the molecule is CC(C)C(CN1CCC(N)CC1C)C(C)C. The third-order valence-electron chi connectivity index (χ3n) is 4.21. The van der Waals surface area contributed by atoms with E-state index in [-0.39, 0.29) is 0 Å². The molecule has 1 rings (SSSR count). The van der Waals surface area contributed by atoms with Crippen LogP contribution in [0, 0.1) is 17.8 Å². The molecule has 2 nitrogen and oxygen atoms in total. The fraction of sp³-hybridized carbons (Fsp3) is 1.00. The van der Waals surface area contributed by atoms with Crippen LogP contribution in [-0.2, 0) is 0 Å². The molecule has 0 aromatic heterocycles. The number of nitrogens with zero attached hydrogens (tertiary/aromatic N) is 1. The van der Waals surface area contributed by atoms with Gasteiger partial charge in [0.1, 0.15) is 0 Å². The summed E-state index contributed by atoms with van der Waals surface area (Å²) >= 11 is 0. The smallest absolute Gasteiger partial charge is 0.00817 e. The van der Waals surface area contributed by atoms with Crippen LogP contribution in [0.3, 0.4) is 0 Å². The third-order valence-corrected chi connectivity index (χ3v) is 4.21. The van der Waals surface area contributed by atoms with Crippen molar-refractivity contribution in [1.29, 1.82) is 0 Å². The minimum absolute atomic E-state index is 0.433. The van der Waals surface area contributed by atoms with Crippen LogP contribution in [-0.4, -0.2) is 30.1 Å². The molecule has 1 aliphatic rings. The molecule has 0 spiro atoms. The Morgan fingerprint density at radius 3 is 2.19 bits per heavy atom. The van der Waals surface area contributed by atoms with Crippen LogP contribution in [0.15, 0.2) is 0 Å². The van der Waals surface area contributed by atoms with Gasteiger partial charge in [-0.2, -0.15) is 0 Å². The van der Waals surface area contributed by atoms with Gasteiger partial charge in [0, 0.05) is 18.6 Å². The molecule has 0 radical (unpaired) electrons. The van der Waals surface area contributed by atoms with Crippen molar-refractivity contribution in [3.05, 3.63) is 0 Å². The Morgan fingerprint density at radius 1 is 1.19 bits per heavy atom. The molecule has 2 unspecified atom stereocenters. The summed E-state index contributed by atoms with van der Waals surface area (Å²) in [7, 11) is 0. The normalized spacial score (nSPS) is 28.3. The molecule has 1 aliphatic heterocycles. The van der Waals surface area contributed by atoms with Gasteiger partial charge in [-0.1, -0.05) is 27.7 Å². The first-order valence-electron chi connectivity index (χ1n) is 6.91. The lowest BCUT2D eigenvalue weighted by Gasteiger charge is -2.40. The molecule has 0 bridgehead atoms. The maximum Gasteiger partial charge on any atom is 0.00817 e. The van der Waals surface area contributed by atoms with Gasteiger partial charge < -0.3 is 10.6 Å². The van der Waals surface area contributed by atoms with E-state index in [9.17, 15) is 0 Å². The fourth-order valence-corrected chi connectivity index (χ4v) is 2.99. The van der Waals surface area contributed by atoms with Crippen molar-refractivity contribution in [2.75, 3.05) is 13.1 Å². The molecule has 2 N–H and O–H groups in total. The van der Waals surface area contributed by atoms with Crippen molar-refractivity contribution in [3.63, 3.8) is 0 Å². The van der Waals surface area contributed by atoms with Gasteiger partial charge in [0.15, 0.2) is 0 Å². The Labute approximate surface area is 102 Å². The number of hydrogen-bond donors (Lipinski definition) is 1. The van der Waals surface area contributed by atoms with Crippen LogP contribution >= 0.6 is 0 Å². The summed E-state index contributed by atoms with van der Waals surface area (Å²) in [5.74, 6) is 2.38. The van der Waals surface area contributed by atoms with Gasteiger partial charge >= 0.3 is 0 Å². The second-order valence-corrected chi connectivity index (χ2v) is 6.28. The van der Waals surface area contributed by atoms with Gasteiger partial charge in [0.25, 0.3) is 0 Å². The van der Waals surface area contributed by atoms with Crippen molar-refractivity contribution < 1.29 is 0 Å². The molecule has 1 fully saturated rings. The highest BCUT2D eigenvalue weighted by Gasteiger charge is 2.27. The molecular weight excluding hydrogens is 196 g/mol. The molecule has 0 saturated carbocycles. The van der Waals surface area contributed by atoms with E-state index < -0.39 is 0 Å². The lowest BCUT2D eigenvalue weighted by Crippen LogP contribution is -2.48. The van der Waals surface area contributed by atoms with Crippen molar-refractivity contribution in [3.8, 4) is 0 Å². The van der Waals surface area contributed by atoms with Crippen LogP contribution < -0.4 is 5.73 Å².